The first kappa shape index (κ1) is 20.2. The maximum absolute atomic E-state index is 12.2. The Bertz CT molecular complexity index is 522. The van der Waals surface area contributed by atoms with Gasteiger partial charge in [0.15, 0.2) is 5.78 Å². The lowest BCUT2D eigenvalue weighted by Gasteiger charge is -2.06. The van der Waals surface area contributed by atoms with Crippen LogP contribution in [-0.2, 0) is 4.74 Å². The van der Waals surface area contributed by atoms with E-state index in [9.17, 15) is 14.7 Å². The van der Waals surface area contributed by atoms with Gasteiger partial charge in [0.2, 0.25) is 0 Å². The second-order valence-corrected chi connectivity index (χ2v) is 6.23. The van der Waals surface area contributed by atoms with Crippen LogP contribution in [0.4, 0.5) is 0 Å². The summed E-state index contributed by atoms with van der Waals surface area (Å²) in [7, 11) is 1.25. The van der Waals surface area contributed by atoms with Crippen LogP contribution >= 0.6 is 0 Å². The first-order valence-corrected chi connectivity index (χ1v) is 9.04. The van der Waals surface area contributed by atoms with E-state index in [1.54, 1.807) is 6.07 Å². The molecule has 0 spiro atoms. The number of ketones is 1. The smallest absolute Gasteiger partial charge is 0.341 e. The topological polar surface area (TPSA) is 63.6 Å². The van der Waals surface area contributed by atoms with Gasteiger partial charge < -0.3 is 9.84 Å². The summed E-state index contributed by atoms with van der Waals surface area (Å²) in [6.45, 7) is 2.22. The summed E-state index contributed by atoms with van der Waals surface area (Å²) in [5, 5.41) is 9.66. The number of methoxy groups -OCH3 is 1. The molecule has 0 bridgehead atoms. The highest BCUT2D eigenvalue weighted by molar-refractivity contribution is 6.00. The Kier molecular flexibility index (Phi) is 9.81. The normalized spacial score (nSPS) is 10.6. The van der Waals surface area contributed by atoms with Crippen LogP contribution in [0.1, 0.15) is 91.8 Å². The maximum Gasteiger partial charge on any atom is 0.341 e. The zero-order valence-corrected chi connectivity index (χ0v) is 15.0. The fourth-order valence-electron chi connectivity index (χ4n) is 2.72. The second-order valence-electron chi connectivity index (χ2n) is 6.23. The monoisotopic (exact) mass is 334 g/mol. The summed E-state index contributed by atoms with van der Waals surface area (Å²) in [4.78, 5) is 23.7. The van der Waals surface area contributed by atoms with Gasteiger partial charge in [-0.05, 0) is 24.6 Å². The third kappa shape index (κ3) is 7.16. The van der Waals surface area contributed by atoms with Crippen molar-refractivity contribution in [2.75, 3.05) is 7.11 Å². The van der Waals surface area contributed by atoms with Crippen LogP contribution in [0.2, 0.25) is 0 Å². The van der Waals surface area contributed by atoms with Crippen molar-refractivity contribution in [3.63, 3.8) is 0 Å². The first-order valence-electron chi connectivity index (χ1n) is 9.04. The minimum absolute atomic E-state index is 0.00287. The Morgan fingerprint density at radius 1 is 0.958 bits per heavy atom. The molecule has 1 aromatic rings. The van der Waals surface area contributed by atoms with Crippen LogP contribution in [-0.4, -0.2) is 24.0 Å². The van der Waals surface area contributed by atoms with E-state index in [2.05, 4.69) is 11.7 Å². The molecule has 0 aromatic heterocycles. The molecule has 4 nitrogen and oxygen atoms in total. The van der Waals surface area contributed by atoms with Gasteiger partial charge in [-0.1, -0.05) is 58.3 Å². The molecule has 1 rings (SSSR count). The van der Waals surface area contributed by atoms with Gasteiger partial charge >= 0.3 is 5.97 Å². The Balaban J connectivity index is 2.29. The van der Waals surface area contributed by atoms with Gasteiger partial charge in [-0.3, -0.25) is 4.79 Å². The highest BCUT2D eigenvalue weighted by Crippen LogP contribution is 2.21. The van der Waals surface area contributed by atoms with Crippen molar-refractivity contribution in [3.05, 3.63) is 29.3 Å². The van der Waals surface area contributed by atoms with E-state index < -0.39 is 5.97 Å². The number of phenols is 1. The average Bonchev–Trinajstić information content (AvgIpc) is 2.59. The summed E-state index contributed by atoms with van der Waals surface area (Å²) >= 11 is 0. The van der Waals surface area contributed by atoms with Crippen LogP contribution < -0.4 is 0 Å². The van der Waals surface area contributed by atoms with Gasteiger partial charge in [-0.25, -0.2) is 4.79 Å². The van der Waals surface area contributed by atoms with Crippen molar-refractivity contribution in [1.29, 1.82) is 0 Å². The molecule has 0 saturated carbocycles. The molecule has 1 N–H and O–H groups in total. The summed E-state index contributed by atoms with van der Waals surface area (Å²) < 4.78 is 4.60. The van der Waals surface area contributed by atoms with E-state index in [1.165, 1.54) is 64.2 Å². The molecule has 0 saturated heterocycles. The highest BCUT2D eigenvalue weighted by atomic mass is 16.5. The van der Waals surface area contributed by atoms with Gasteiger partial charge in [0.05, 0.1) is 7.11 Å². The SMILES string of the molecule is CCCCCCCCCCCC(=O)c1ccc(O)c(C(=O)OC)c1. The Labute approximate surface area is 145 Å². The lowest BCUT2D eigenvalue weighted by atomic mass is 10.0. The predicted octanol–water partition coefficient (Wildman–Crippen LogP) is 5.28. The van der Waals surface area contributed by atoms with E-state index in [4.69, 9.17) is 0 Å². The highest BCUT2D eigenvalue weighted by Gasteiger charge is 2.15. The number of Topliss-reactive ketones (excluding diaryl/α,β-unsaturated/α-hetero) is 1. The number of ether oxygens (including phenoxy) is 1. The number of aromatic hydroxyl groups is 1. The van der Waals surface area contributed by atoms with Gasteiger partial charge in [-0.2, -0.15) is 0 Å². The molecule has 0 aliphatic carbocycles. The van der Waals surface area contributed by atoms with Crippen LogP contribution in [0.5, 0.6) is 5.75 Å². The number of phenolic OH excluding ortho intramolecular Hbond substituents is 1. The average molecular weight is 334 g/mol. The lowest BCUT2D eigenvalue weighted by Crippen LogP contribution is -2.05. The van der Waals surface area contributed by atoms with Crippen LogP contribution in [0, 0.1) is 0 Å². The van der Waals surface area contributed by atoms with E-state index >= 15 is 0 Å². The standard InChI is InChI=1S/C20H30O4/c1-3-4-5-6-7-8-9-10-11-12-18(21)16-13-14-19(22)17(15-16)20(23)24-2/h13-15,22H,3-12H2,1-2H3. The van der Waals surface area contributed by atoms with Crippen LogP contribution in [0.3, 0.4) is 0 Å². The van der Waals surface area contributed by atoms with Crippen molar-refractivity contribution in [2.24, 2.45) is 0 Å². The molecule has 134 valence electrons. The number of unbranched alkanes of at least 4 members (excludes halogenated alkanes) is 8. The fraction of sp³-hybridized carbons (Fsp3) is 0.600. The van der Waals surface area contributed by atoms with Crippen molar-refractivity contribution >= 4 is 11.8 Å². The molecule has 4 heteroatoms. The molecular weight excluding hydrogens is 304 g/mol. The molecule has 0 unspecified atom stereocenters. The molecule has 0 aliphatic rings. The second kappa shape index (κ2) is 11.7. The van der Waals surface area contributed by atoms with Crippen LogP contribution in [0.25, 0.3) is 0 Å². The van der Waals surface area contributed by atoms with Gasteiger partial charge in [0.25, 0.3) is 0 Å². The van der Waals surface area contributed by atoms with E-state index in [0.717, 1.165) is 12.8 Å². The molecule has 0 aliphatic heterocycles. The minimum Gasteiger partial charge on any atom is -0.507 e. The first-order chi connectivity index (χ1) is 11.6. The molecule has 1 aromatic carbocycles. The quantitative estimate of drug-likeness (QED) is 0.321. The van der Waals surface area contributed by atoms with Gasteiger partial charge in [0, 0.05) is 12.0 Å². The third-order valence-corrected chi connectivity index (χ3v) is 4.23. The van der Waals surface area contributed by atoms with Crippen molar-refractivity contribution in [1.82, 2.24) is 0 Å². The van der Waals surface area contributed by atoms with E-state index in [1.807, 2.05) is 0 Å². The Hall–Kier alpha value is -1.84. The fourth-order valence-corrected chi connectivity index (χ4v) is 2.72. The molecule has 0 atom stereocenters. The molecule has 0 fully saturated rings. The number of esters is 1. The number of benzene rings is 1. The lowest BCUT2D eigenvalue weighted by molar-refractivity contribution is 0.0597. The van der Waals surface area contributed by atoms with E-state index in [0.29, 0.717) is 12.0 Å². The minimum atomic E-state index is -0.634. The summed E-state index contributed by atoms with van der Waals surface area (Å²) in [6.07, 6.45) is 11.3. The predicted molar refractivity (Wildman–Crippen MR) is 95.6 cm³/mol. The Morgan fingerprint density at radius 3 is 2.12 bits per heavy atom. The van der Waals surface area contributed by atoms with Crippen LogP contribution in [0.15, 0.2) is 18.2 Å². The number of carbonyl (C=O) groups is 2. The molecule has 24 heavy (non-hydrogen) atoms. The van der Waals surface area contributed by atoms with Gasteiger partial charge in [-0.15, -0.1) is 0 Å². The number of hydrogen-bond donors (Lipinski definition) is 1. The van der Waals surface area contributed by atoms with Crippen molar-refractivity contribution in [2.45, 2.75) is 71.1 Å². The third-order valence-electron chi connectivity index (χ3n) is 4.23. The van der Waals surface area contributed by atoms with Crippen molar-refractivity contribution in [3.8, 4) is 5.75 Å². The van der Waals surface area contributed by atoms with Gasteiger partial charge in [0.1, 0.15) is 11.3 Å². The summed E-state index contributed by atoms with van der Waals surface area (Å²) in [6, 6.07) is 4.34. The number of carbonyl (C=O) groups excluding carboxylic acids is 2. The Morgan fingerprint density at radius 2 is 1.54 bits per heavy atom. The number of rotatable bonds is 12. The molecule has 0 heterocycles. The van der Waals surface area contributed by atoms with E-state index in [-0.39, 0.29) is 17.1 Å². The zero-order valence-electron chi connectivity index (χ0n) is 15.0. The summed E-state index contributed by atoms with van der Waals surface area (Å²) in [5.41, 5.74) is 0.489. The van der Waals surface area contributed by atoms with Crippen molar-refractivity contribution < 1.29 is 19.4 Å². The molecular formula is C20H30O4. The molecule has 0 radical (unpaired) electrons. The largest absolute Gasteiger partial charge is 0.507 e. The zero-order chi connectivity index (χ0) is 17.8. The number of hydrogen-bond acceptors (Lipinski definition) is 4. The summed E-state index contributed by atoms with van der Waals surface area (Å²) in [5.74, 6) is -0.796. The maximum atomic E-state index is 12.2. The molecule has 0 amide bonds.